The molecule has 0 N–H and O–H groups in total. The minimum atomic E-state index is 0.0417. The van der Waals surface area contributed by atoms with Gasteiger partial charge in [-0.05, 0) is 43.7 Å². The van der Waals surface area contributed by atoms with E-state index in [2.05, 4.69) is 18.8 Å². The molecule has 138 valence electrons. The fourth-order valence-electron chi connectivity index (χ4n) is 3.70. The molecule has 1 atom stereocenters. The van der Waals surface area contributed by atoms with Crippen molar-refractivity contribution in [2.24, 2.45) is 5.92 Å². The highest BCUT2D eigenvalue weighted by Crippen LogP contribution is 2.40. The Morgan fingerprint density at radius 1 is 1.27 bits per heavy atom. The Morgan fingerprint density at radius 2 is 2.12 bits per heavy atom. The average Bonchev–Trinajstić information content (AvgIpc) is 3.39. The van der Waals surface area contributed by atoms with Crippen molar-refractivity contribution >= 4 is 5.91 Å². The molecule has 26 heavy (non-hydrogen) atoms. The number of carbonyl (C=O) groups is 1. The van der Waals surface area contributed by atoms with Crippen molar-refractivity contribution in [1.82, 2.24) is 24.6 Å². The minimum Gasteiger partial charge on any atom is -0.331 e. The Hall–Kier alpha value is -2.24. The molecule has 0 bridgehead atoms. The van der Waals surface area contributed by atoms with E-state index < -0.39 is 0 Å². The first-order chi connectivity index (χ1) is 12.6. The van der Waals surface area contributed by atoms with Crippen LogP contribution in [0.2, 0.25) is 0 Å². The lowest BCUT2D eigenvalue weighted by molar-refractivity contribution is -0.135. The number of fused-ring (bicyclic) bond motifs is 1. The van der Waals surface area contributed by atoms with Gasteiger partial charge in [-0.2, -0.15) is 5.10 Å². The molecule has 0 unspecified atom stereocenters. The maximum absolute atomic E-state index is 13.0. The molecule has 3 heterocycles. The maximum Gasteiger partial charge on any atom is 0.223 e. The van der Waals surface area contributed by atoms with Crippen LogP contribution in [0.5, 0.6) is 0 Å². The fraction of sp³-hybridized carbons (Fsp3) is 0.600. The first-order valence-electron chi connectivity index (χ1n) is 9.76. The number of amides is 1. The van der Waals surface area contributed by atoms with Gasteiger partial charge in [0.25, 0.3) is 0 Å². The average molecular weight is 353 g/mol. The standard InChI is InChI=1S/C20H27N5O/c1-14(2)13-17-20-22-19(15-6-7-15)23-25(20)12-11-24(17)18(26)9-8-16-5-3-4-10-21-16/h3-5,10,14-15,17H,6-9,11-13H2,1-2H3/t17-/m0/s1. The molecule has 2 aromatic rings. The number of aromatic nitrogens is 4. The van der Waals surface area contributed by atoms with E-state index in [1.165, 1.54) is 12.8 Å². The van der Waals surface area contributed by atoms with Gasteiger partial charge in [-0.25, -0.2) is 9.67 Å². The second-order valence-corrected chi connectivity index (χ2v) is 7.88. The highest BCUT2D eigenvalue weighted by molar-refractivity contribution is 5.77. The van der Waals surface area contributed by atoms with E-state index >= 15 is 0 Å². The number of hydrogen-bond donors (Lipinski definition) is 0. The first-order valence-corrected chi connectivity index (χ1v) is 9.76. The van der Waals surface area contributed by atoms with Gasteiger partial charge in [0.05, 0.1) is 12.6 Å². The van der Waals surface area contributed by atoms with Crippen molar-refractivity contribution in [3.63, 3.8) is 0 Å². The largest absolute Gasteiger partial charge is 0.331 e. The quantitative estimate of drug-likeness (QED) is 0.800. The van der Waals surface area contributed by atoms with E-state index in [1.807, 2.05) is 27.8 Å². The topological polar surface area (TPSA) is 63.9 Å². The zero-order chi connectivity index (χ0) is 18.1. The first kappa shape index (κ1) is 17.2. The number of pyridine rings is 1. The third-order valence-corrected chi connectivity index (χ3v) is 5.22. The molecule has 2 aromatic heterocycles. The molecule has 1 amide bonds. The van der Waals surface area contributed by atoms with E-state index in [1.54, 1.807) is 6.20 Å². The molecule has 0 spiro atoms. The summed E-state index contributed by atoms with van der Waals surface area (Å²) in [6, 6.07) is 5.89. The summed E-state index contributed by atoms with van der Waals surface area (Å²) in [7, 11) is 0. The van der Waals surface area contributed by atoms with Gasteiger partial charge in [-0.3, -0.25) is 9.78 Å². The predicted molar refractivity (Wildman–Crippen MR) is 98.5 cm³/mol. The van der Waals surface area contributed by atoms with Crippen LogP contribution in [0, 0.1) is 5.92 Å². The van der Waals surface area contributed by atoms with Gasteiger partial charge < -0.3 is 4.90 Å². The van der Waals surface area contributed by atoms with Crippen LogP contribution in [0.25, 0.3) is 0 Å². The molecule has 1 aliphatic heterocycles. The van der Waals surface area contributed by atoms with E-state index in [-0.39, 0.29) is 11.9 Å². The summed E-state index contributed by atoms with van der Waals surface area (Å²) in [4.78, 5) is 24.2. The van der Waals surface area contributed by atoms with Gasteiger partial charge >= 0.3 is 0 Å². The summed E-state index contributed by atoms with van der Waals surface area (Å²) in [6.45, 7) is 5.87. The van der Waals surface area contributed by atoms with Crippen LogP contribution < -0.4 is 0 Å². The minimum absolute atomic E-state index is 0.0417. The SMILES string of the molecule is CC(C)C[C@H]1c2nc(C3CC3)nn2CCN1C(=O)CCc1ccccn1. The molecular weight excluding hydrogens is 326 g/mol. The summed E-state index contributed by atoms with van der Waals surface area (Å²) in [5.74, 6) is 3.21. The van der Waals surface area contributed by atoms with E-state index in [4.69, 9.17) is 10.1 Å². The molecule has 0 aromatic carbocycles. The summed E-state index contributed by atoms with van der Waals surface area (Å²) in [5, 5.41) is 4.72. The lowest BCUT2D eigenvalue weighted by Crippen LogP contribution is -2.43. The predicted octanol–water partition coefficient (Wildman–Crippen LogP) is 3.11. The monoisotopic (exact) mass is 353 g/mol. The smallest absolute Gasteiger partial charge is 0.223 e. The van der Waals surface area contributed by atoms with Gasteiger partial charge in [0.1, 0.15) is 5.82 Å². The van der Waals surface area contributed by atoms with Crippen molar-refractivity contribution in [2.45, 2.75) is 64.5 Å². The van der Waals surface area contributed by atoms with Crippen LogP contribution >= 0.6 is 0 Å². The van der Waals surface area contributed by atoms with Crippen molar-refractivity contribution in [1.29, 1.82) is 0 Å². The van der Waals surface area contributed by atoms with Crippen LogP contribution in [0.4, 0.5) is 0 Å². The van der Waals surface area contributed by atoms with Crippen LogP contribution in [0.15, 0.2) is 24.4 Å². The van der Waals surface area contributed by atoms with Crippen LogP contribution in [0.1, 0.15) is 68.8 Å². The van der Waals surface area contributed by atoms with Gasteiger partial charge in [0.2, 0.25) is 5.91 Å². The second kappa shape index (κ2) is 7.17. The van der Waals surface area contributed by atoms with Gasteiger partial charge in [-0.1, -0.05) is 19.9 Å². The van der Waals surface area contributed by atoms with Gasteiger partial charge in [0, 0.05) is 30.8 Å². The number of aryl methyl sites for hydroxylation is 1. The van der Waals surface area contributed by atoms with Crippen molar-refractivity contribution in [3.8, 4) is 0 Å². The Balaban J connectivity index is 1.51. The molecule has 0 radical (unpaired) electrons. The van der Waals surface area contributed by atoms with Gasteiger partial charge in [-0.15, -0.1) is 0 Å². The van der Waals surface area contributed by atoms with Crippen molar-refractivity contribution in [3.05, 3.63) is 41.7 Å². The molecular formula is C20H27N5O. The van der Waals surface area contributed by atoms with Gasteiger partial charge in [0.15, 0.2) is 5.82 Å². The molecule has 6 heteroatoms. The Bertz CT molecular complexity index is 766. The molecule has 1 fully saturated rings. The second-order valence-electron chi connectivity index (χ2n) is 7.88. The van der Waals surface area contributed by atoms with Crippen molar-refractivity contribution < 1.29 is 4.79 Å². The molecule has 1 saturated carbocycles. The van der Waals surface area contributed by atoms with Crippen LogP contribution in [-0.4, -0.2) is 37.1 Å². The van der Waals surface area contributed by atoms with Crippen LogP contribution in [-0.2, 0) is 17.8 Å². The summed E-state index contributed by atoms with van der Waals surface area (Å²) < 4.78 is 2.04. The van der Waals surface area contributed by atoms with E-state index in [9.17, 15) is 4.79 Å². The molecule has 0 saturated heterocycles. The number of nitrogens with zero attached hydrogens (tertiary/aromatic N) is 5. The van der Waals surface area contributed by atoms with Crippen LogP contribution in [0.3, 0.4) is 0 Å². The number of rotatable bonds is 6. The zero-order valence-electron chi connectivity index (χ0n) is 15.6. The normalized spacial score (nSPS) is 19.7. The van der Waals surface area contributed by atoms with Crippen molar-refractivity contribution in [2.75, 3.05) is 6.54 Å². The Morgan fingerprint density at radius 3 is 2.81 bits per heavy atom. The third kappa shape index (κ3) is 3.64. The highest BCUT2D eigenvalue weighted by Gasteiger charge is 2.36. The molecule has 4 rings (SSSR count). The molecule has 1 aliphatic carbocycles. The fourth-order valence-corrected chi connectivity index (χ4v) is 3.70. The van der Waals surface area contributed by atoms with E-state index in [0.29, 0.717) is 24.7 Å². The highest BCUT2D eigenvalue weighted by atomic mass is 16.2. The van der Waals surface area contributed by atoms with E-state index in [0.717, 1.165) is 36.9 Å². The molecule has 2 aliphatic rings. The molecule has 6 nitrogen and oxygen atoms in total. The Kier molecular flexibility index (Phi) is 4.74. The lowest BCUT2D eigenvalue weighted by atomic mass is 9.99. The Labute approximate surface area is 154 Å². The summed E-state index contributed by atoms with van der Waals surface area (Å²) in [5.41, 5.74) is 0.970. The summed E-state index contributed by atoms with van der Waals surface area (Å²) >= 11 is 0. The maximum atomic E-state index is 13.0. The number of hydrogen-bond acceptors (Lipinski definition) is 4. The zero-order valence-corrected chi connectivity index (χ0v) is 15.6. The third-order valence-electron chi connectivity index (χ3n) is 5.22. The number of carbonyl (C=O) groups excluding carboxylic acids is 1. The lowest BCUT2D eigenvalue weighted by Gasteiger charge is -2.36. The summed E-state index contributed by atoms with van der Waals surface area (Å²) in [6.07, 6.45) is 6.29.